The molecule has 7 heteroatoms. The first-order chi connectivity index (χ1) is 13.6. The second-order valence-electron chi connectivity index (χ2n) is 7.55. The Bertz CT molecular complexity index is 720. The third-order valence-electron chi connectivity index (χ3n) is 5.57. The van der Waals surface area contributed by atoms with E-state index in [4.69, 9.17) is 0 Å². The first-order valence-electron chi connectivity index (χ1n) is 10.3. The molecular formula is C21H30N4O3. The molecule has 0 unspecified atom stereocenters. The minimum atomic E-state index is -0.331. The van der Waals surface area contributed by atoms with Gasteiger partial charge in [0.15, 0.2) is 0 Å². The van der Waals surface area contributed by atoms with Gasteiger partial charge in [0.2, 0.25) is 5.91 Å². The zero-order valence-corrected chi connectivity index (χ0v) is 16.7. The zero-order valence-electron chi connectivity index (χ0n) is 16.7. The molecule has 0 saturated carbocycles. The Morgan fingerprint density at radius 2 is 1.86 bits per heavy atom. The predicted molar refractivity (Wildman–Crippen MR) is 112 cm³/mol. The summed E-state index contributed by atoms with van der Waals surface area (Å²) in [6.45, 7) is 8.30. The second-order valence-corrected chi connectivity index (χ2v) is 7.55. The average Bonchev–Trinajstić information content (AvgIpc) is 3.25. The van der Waals surface area contributed by atoms with Crippen LogP contribution in [0.5, 0.6) is 0 Å². The second kappa shape index (κ2) is 9.68. The Labute approximate surface area is 166 Å². The maximum Gasteiger partial charge on any atom is 0.293 e. The zero-order chi connectivity index (χ0) is 19.9. The SMILES string of the molecule is CCCCN1CCN(C(=O)/C=C/c2ccc(N3CCCC3)c([N+](=O)[O-])c2)CC1. The highest BCUT2D eigenvalue weighted by atomic mass is 16.6. The molecule has 3 rings (SSSR count). The number of hydrogen-bond donors (Lipinski definition) is 0. The van der Waals surface area contributed by atoms with E-state index in [1.54, 1.807) is 18.2 Å². The van der Waals surface area contributed by atoms with Crippen LogP contribution in [0.2, 0.25) is 0 Å². The normalized spacial score (nSPS) is 18.2. The Hall–Kier alpha value is -2.41. The van der Waals surface area contributed by atoms with Gasteiger partial charge in [-0.05, 0) is 43.5 Å². The standard InChI is InChI=1S/C21H30N4O3/c1-2-3-10-22-13-15-24(16-14-22)21(26)9-7-18-6-8-19(20(17-18)25(27)28)23-11-4-5-12-23/h6-9,17H,2-5,10-16H2,1H3/b9-7+. The van der Waals surface area contributed by atoms with E-state index in [2.05, 4.69) is 16.7 Å². The van der Waals surface area contributed by atoms with Gasteiger partial charge in [0.1, 0.15) is 5.69 Å². The number of nitrogens with zero attached hydrogens (tertiary/aromatic N) is 4. The molecule has 7 nitrogen and oxygen atoms in total. The largest absolute Gasteiger partial charge is 0.366 e. The molecule has 1 amide bonds. The van der Waals surface area contributed by atoms with E-state index in [-0.39, 0.29) is 16.5 Å². The summed E-state index contributed by atoms with van der Waals surface area (Å²) in [5.41, 5.74) is 1.47. The van der Waals surface area contributed by atoms with Gasteiger partial charge in [0.25, 0.3) is 5.69 Å². The fourth-order valence-corrected chi connectivity index (χ4v) is 3.86. The van der Waals surface area contributed by atoms with Crippen molar-refractivity contribution in [1.29, 1.82) is 0 Å². The molecule has 2 aliphatic rings. The molecule has 2 fully saturated rings. The number of amides is 1. The monoisotopic (exact) mass is 386 g/mol. The number of rotatable bonds is 7. The number of anilines is 1. The van der Waals surface area contributed by atoms with E-state index < -0.39 is 0 Å². The maximum atomic E-state index is 12.5. The molecule has 0 radical (unpaired) electrons. The number of nitro benzene ring substituents is 1. The highest BCUT2D eigenvalue weighted by Gasteiger charge is 2.22. The third kappa shape index (κ3) is 5.10. The molecule has 1 aromatic carbocycles. The predicted octanol–water partition coefficient (Wildman–Crippen LogP) is 3.15. The molecule has 0 bridgehead atoms. The van der Waals surface area contributed by atoms with Crippen LogP contribution in [0.15, 0.2) is 24.3 Å². The van der Waals surface area contributed by atoms with Gasteiger partial charge in [-0.25, -0.2) is 0 Å². The molecule has 0 aliphatic carbocycles. The van der Waals surface area contributed by atoms with Crippen molar-refractivity contribution in [3.8, 4) is 0 Å². The molecule has 152 valence electrons. The summed E-state index contributed by atoms with van der Waals surface area (Å²) in [4.78, 5) is 29.9. The fraction of sp³-hybridized carbons (Fsp3) is 0.571. The van der Waals surface area contributed by atoms with Crippen LogP contribution in [0.4, 0.5) is 11.4 Å². The van der Waals surface area contributed by atoms with E-state index in [1.807, 2.05) is 11.0 Å². The van der Waals surface area contributed by atoms with E-state index in [9.17, 15) is 14.9 Å². The van der Waals surface area contributed by atoms with Crippen LogP contribution in [-0.2, 0) is 4.79 Å². The lowest BCUT2D eigenvalue weighted by Crippen LogP contribution is -2.48. The highest BCUT2D eigenvalue weighted by Crippen LogP contribution is 2.32. The van der Waals surface area contributed by atoms with Crippen LogP contribution in [0.3, 0.4) is 0 Å². The number of carbonyl (C=O) groups excluding carboxylic acids is 1. The van der Waals surface area contributed by atoms with Gasteiger partial charge in [-0.15, -0.1) is 0 Å². The van der Waals surface area contributed by atoms with Crippen molar-refractivity contribution >= 4 is 23.4 Å². The summed E-state index contributed by atoms with van der Waals surface area (Å²) in [5, 5.41) is 11.5. The van der Waals surface area contributed by atoms with Crippen molar-refractivity contribution in [1.82, 2.24) is 9.80 Å². The Balaban J connectivity index is 1.61. The van der Waals surface area contributed by atoms with Crippen LogP contribution in [0.1, 0.15) is 38.2 Å². The summed E-state index contributed by atoms with van der Waals surface area (Å²) < 4.78 is 0. The topological polar surface area (TPSA) is 69.9 Å². The number of hydrogen-bond acceptors (Lipinski definition) is 5. The van der Waals surface area contributed by atoms with Gasteiger partial charge in [0, 0.05) is 51.4 Å². The van der Waals surface area contributed by atoms with Gasteiger partial charge in [-0.2, -0.15) is 0 Å². The van der Waals surface area contributed by atoms with Gasteiger partial charge in [-0.1, -0.05) is 19.4 Å². The molecule has 2 saturated heterocycles. The molecule has 28 heavy (non-hydrogen) atoms. The van der Waals surface area contributed by atoms with Crippen LogP contribution < -0.4 is 4.90 Å². The molecule has 2 aliphatic heterocycles. The van der Waals surface area contributed by atoms with Crippen molar-refractivity contribution in [3.63, 3.8) is 0 Å². The fourth-order valence-electron chi connectivity index (χ4n) is 3.86. The highest BCUT2D eigenvalue weighted by molar-refractivity contribution is 5.92. The van der Waals surface area contributed by atoms with Crippen LogP contribution >= 0.6 is 0 Å². The van der Waals surface area contributed by atoms with Crippen LogP contribution in [-0.4, -0.2) is 66.4 Å². The van der Waals surface area contributed by atoms with Crippen LogP contribution in [0.25, 0.3) is 6.08 Å². The minimum absolute atomic E-state index is 0.0265. The maximum absolute atomic E-state index is 12.5. The minimum Gasteiger partial charge on any atom is -0.366 e. The number of benzene rings is 1. The lowest BCUT2D eigenvalue weighted by atomic mass is 10.1. The van der Waals surface area contributed by atoms with Gasteiger partial charge in [0.05, 0.1) is 4.92 Å². The van der Waals surface area contributed by atoms with E-state index in [0.29, 0.717) is 11.3 Å². The summed E-state index contributed by atoms with van der Waals surface area (Å²) in [7, 11) is 0. The van der Waals surface area contributed by atoms with Crippen molar-refractivity contribution in [2.75, 3.05) is 50.7 Å². The van der Waals surface area contributed by atoms with Crippen molar-refractivity contribution in [3.05, 3.63) is 40.0 Å². The van der Waals surface area contributed by atoms with Gasteiger partial charge >= 0.3 is 0 Å². The van der Waals surface area contributed by atoms with Crippen molar-refractivity contribution in [2.45, 2.75) is 32.6 Å². The third-order valence-corrected chi connectivity index (χ3v) is 5.57. The Kier molecular flexibility index (Phi) is 7.03. The lowest BCUT2D eigenvalue weighted by Gasteiger charge is -2.34. The van der Waals surface area contributed by atoms with Crippen molar-refractivity contribution in [2.24, 2.45) is 0 Å². The van der Waals surface area contributed by atoms with Crippen molar-refractivity contribution < 1.29 is 9.72 Å². The first kappa shape index (κ1) is 20.3. The molecular weight excluding hydrogens is 356 g/mol. The Morgan fingerprint density at radius 1 is 1.14 bits per heavy atom. The molecule has 0 aromatic heterocycles. The molecule has 0 N–H and O–H groups in total. The number of nitro groups is 1. The average molecular weight is 386 g/mol. The summed E-state index contributed by atoms with van der Waals surface area (Å²) in [6.07, 6.45) is 7.74. The summed E-state index contributed by atoms with van der Waals surface area (Å²) >= 11 is 0. The molecule has 2 heterocycles. The van der Waals surface area contributed by atoms with Crippen LogP contribution in [0, 0.1) is 10.1 Å². The Morgan fingerprint density at radius 3 is 2.50 bits per heavy atom. The number of piperazine rings is 1. The van der Waals surface area contributed by atoms with Gasteiger partial charge < -0.3 is 9.80 Å². The number of carbonyl (C=O) groups is 1. The lowest BCUT2D eigenvalue weighted by molar-refractivity contribution is -0.384. The number of unbranched alkanes of at least 4 members (excludes halogenated alkanes) is 1. The summed E-state index contributed by atoms with van der Waals surface area (Å²) in [5.74, 6) is -0.0265. The van der Waals surface area contributed by atoms with E-state index >= 15 is 0 Å². The first-order valence-corrected chi connectivity index (χ1v) is 10.3. The van der Waals surface area contributed by atoms with E-state index in [0.717, 1.165) is 58.7 Å². The molecule has 0 spiro atoms. The quantitative estimate of drug-likeness (QED) is 0.409. The summed E-state index contributed by atoms with van der Waals surface area (Å²) in [6, 6.07) is 5.23. The smallest absolute Gasteiger partial charge is 0.293 e. The van der Waals surface area contributed by atoms with E-state index in [1.165, 1.54) is 18.9 Å². The molecule has 0 atom stereocenters. The van der Waals surface area contributed by atoms with Gasteiger partial charge in [-0.3, -0.25) is 19.8 Å². The molecule has 1 aromatic rings.